The molecule has 1 unspecified atom stereocenters. The summed E-state index contributed by atoms with van der Waals surface area (Å²) in [5.41, 5.74) is 1.72. The van der Waals surface area contributed by atoms with Crippen molar-refractivity contribution in [2.75, 3.05) is 24.5 Å². The van der Waals surface area contributed by atoms with Crippen molar-refractivity contribution in [2.45, 2.75) is 45.9 Å². The van der Waals surface area contributed by atoms with Crippen molar-refractivity contribution in [3.63, 3.8) is 0 Å². The number of esters is 1. The highest BCUT2D eigenvalue weighted by Crippen LogP contribution is 2.28. The van der Waals surface area contributed by atoms with Crippen molar-refractivity contribution in [3.05, 3.63) is 83.0 Å². The lowest BCUT2D eigenvalue weighted by Crippen LogP contribution is -2.37. The average Bonchev–Trinajstić information content (AvgIpc) is 3.34. The maximum absolute atomic E-state index is 12.6. The van der Waals surface area contributed by atoms with Crippen LogP contribution in [0, 0.1) is 0 Å². The molecule has 3 aromatic rings. The molecule has 7 heteroatoms. The van der Waals surface area contributed by atoms with Crippen LogP contribution in [0.5, 0.6) is 11.5 Å². The summed E-state index contributed by atoms with van der Waals surface area (Å²) in [4.78, 5) is 21.8. The van der Waals surface area contributed by atoms with Crippen LogP contribution in [-0.4, -0.2) is 47.6 Å². The third kappa shape index (κ3) is 6.53. The second-order valence-corrected chi connectivity index (χ2v) is 9.42. The Kier molecular flexibility index (Phi) is 8.26. The van der Waals surface area contributed by atoms with E-state index in [0.717, 1.165) is 44.1 Å². The van der Waals surface area contributed by atoms with Crippen LogP contribution in [0.3, 0.4) is 0 Å². The summed E-state index contributed by atoms with van der Waals surface area (Å²) in [6.07, 6.45) is 2.57. The molecule has 0 amide bonds. The molecule has 6 nitrogen and oxygen atoms in total. The molecule has 1 aliphatic heterocycles. The molecule has 0 bridgehead atoms. The SMILES string of the molecule is CCN(Cc1cccc(Oc2ccc(Cl)cc2)c1)C1CCN(c2ncccc2C(=O)OC(C)C)C1. The fourth-order valence-electron chi connectivity index (χ4n) is 4.40. The molecule has 0 aliphatic carbocycles. The molecule has 0 spiro atoms. The second-order valence-electron chi connectivity index (χ2n) is 8.98. The predicted octanol–water partition coefficient (Wildman–Crippen LogP) is 6.19. The Balaban J connectivity index is 1.42. The summed E-state index contributed by atoms with van der Waals surface area (Å²) in [5.74, 6) is 1.94. The standard InChI is InChI=1S/C28H32ClN3O3/c1-4-31(18-21-7-5-8-25(17-21)35-24-12-10-22(29)11-13-24)23-14-16-32(19-23)27-26(9-6-15-30-27)28(33)34-20(2)3/h5-13,15,17,20,23H,4,14,16,18-19H2,1-3H3. The summed E-state index contributed by atoms with van der Waals surface area (Å²) in [5, 5.41) is 0.685. The van der Waals surface area contributed by atoms with Gasteiger partial charge in [0.05, 0.1) is 6.10 Å². The Bertz CT molecular complexity index is 1140. The minimum absolute atomic E-state index is 0.170. The number of carbonyl (C=O) groups excluding carboxylic acids is 1. The van der Waals surface area contributed by atoms with Crippen LogP contribution in [0.15, 0.2) is 66.9 Å². The zero-order valence-electron chi connectivity index (χ0n) is 20.5. The molecular weight excluding hydrogens is 462 g/mol. The topological polar surface area (TPSA) is 54.9 Å². The van der Waals surface area contributed by atoms with Gasteiger partial charge in [-0.15, -0.1) is 0 Å². The first-order chi connectivity index (χ1) is 16.9. The van der Waals surface area contributed by atoms with Gasteiger partial charge in [-0.25, -0.2) is 9.78 Å². The lowest BCUT2D eigenvalue weighted by atomic mass is 10.1. The number of halogens is 1. The Morgan fingerprint density at radius 2 is 1.94 bits per heavy atom. The van der Waals surface area contributed by atoms with E-state index in [1.54, 1.807) is 18.3 Å². The van der Waals surface area contributed by atoms with Gasteiger partial charge in [0.1, 0.15) is 22.9 Å². The molecule has 2 aromatic carbocycles. The number of nitrogens with zero attached hydrogens (tertiary/aromatic N) is 3. The molecule has 1 aromatic heterocycles. The third-order valence-electron chi connectivity index (χ3n) is 6.07. The summed E-state index contributed by atoms with van der Waals surface area (Å²) >= 11 is 5.98. The molecule has 1 saturated heterocycles. The first-order valence-electron chi connectivity index (χ1n) is 12.1. The Labute approximate surface area is 212 Å². The van der Waals surface area contributed by atoms with E-state index < -0.39 is 0 Å². The highest BCUT2D eigenvalue weighted by molar-refractivity contribution is 6.30. The van der Waals surface area contributed by atoms with Crippen LogP contribution < -0.4 is 9.64 Å². The van der Waals surface area contributed by atoms with Gasteiger partial charge in [0.2, 0.25) is 0 Å². The van der Waals surface area contributed by atoms with E-state index in [0.29, 0.717) is 22.4 Å². The van der Waals surface area contributed by atoms with Crippen LogP contribution in [0.25, 0.3) is 0 Å². The smallest absolute Gasteiger partial charge is 0.342 e. The maximum Gasteiger partial charge on any atom is 0.342 e. The van der Waals surface area contributed by atoms with Crippen LogP contribution in [0.2, 0.25) is 5.02 Å². The van der Waals surface area contributed by atoms with Gasteiger partial charge in [-0.05, 0) is 80.9 Å². The van der Waals surface area contributed by atoms with Crippen molar-refractivity contribution in [3.8, 4) is 11.5 Å². The van der Waals surface area contributed by atoms with Crippen molar-refractivity contribution in [1.82, 2.24) is 9.88 Å². The summed E-state index contributed by atoms with van der Waals surface area (Å²) in [6.45, 7) is 9.29. The van der Waals surface area contributed by atoms with Gasteiger partial charge in [-0.3, -0.25) is 4.90 Å². The zero-order valence-corrected chi connectivity index (χ0v) is 21.2. The molecule has 184 valence electrons. The van der Waals surface area contributed by atoms with Crippen LogP contribution in [0.4, 0.5) is 5.82 Å². The van der Waals surface area contributed by atoms with Crippen molar-refractivity contribution in [2.24, 2.45) is 0 Å². The normalized spacial score (nSPS) is 15.6. The Morgan fingerprint density at radius 1 is 1.14 bits per heavy atom. The first kappa shape index (κ1) is 25.0. The zero-order chi connectivity index (χ0) is 24.8. The number of hydrogen-bond donors (Lipinski definition) is 0. The number of ether oxygens (including phenoxy) is 2. The van der Waals surface area contributed by atoms with E-state index in [9.17, 15) is 4.79 Å². The number of carbonyl (C=O) groups is 1. The number of rotatable bonds is 9. The van der Waals surface area contributed by atoms with Crippen molar-refractivity contribution < 1.29 is 14.3 Å². The van der Waals surface area contributed by atoms with Crippen molar-refractivity contribution in [1.29, 1.82) is 0 Å². The molecule has 2 heterocycles. The first-order valence-corrected chi connectivity index (χ1v) is 12.5. The van der Waals surface area contributed by atoms with Gasteiger partial charge in [0, 0.05) is 36.9 Å². The second kappa shape index (κ2) is 11.6. The molecular formula is C28H32ClN3O3. The number of likely N-dealkylation sites (N-methyl/N-ethyl adjacent to an activating group) is 1. The Morgan fingerprint density at radius 3 is 2.69 bits per heavy atom. The average molecular weight is 494 g/mol. The van der Waals surface area contributed by atoms with Gasteiger partial charge in [-0.1, -0.05) is 30.7 Å². The number of anilines is 1. The van der Waals surface area contributed by atoms with Gasteiger partial charge >= 0.3 is 5.97 Å². The van der Waals surface area contributed by atoms with E-state index in [4.69, 9.17) is 21.1 Å². The van der Waals surface area contributed by atoms with E-state index in [2.05, 4.69) is 33.8 Å². The minimum atomic E-state index is -0.323. The van der Waals surface area contributed by atoms with E-state index in [-0.39, 0.29) is 12.1 Å². The number of aromatic nitrogens is 1. The van der Waals surface area contributed by atoms with Gasteiger partial charge in [0.25, 0.3) is 0 Å². The number of hydrogen-bond acceptors (Lipinski definition) is 6. The van der Waals surface area contributed by atoms with E-state index >= 15 is 0 Å². The summed E-state index contributed by atoms with van der Waals surface area (Å²) in [6, 6.07) is 19.5. The van der Waals surface area contributed by atoms with Gasteiger partial charge in [-0.2, -0.15) is 0 Å². The van der Waals surface area contributed by atoms with E-state index in [1.165, 1.54) is 5.56 Å². The highest BCUT2D eigenvalue weighted by atomic mass is 35.5. The number of benzene rings is 2. The van der Waals surface area contributed by atoms with Gasteiger partial charge in [0.15, 0.2) is 0 Å². The molecule has 1 atom stereocenters. The quantitative estimate of drug-likeness (QED) is 0.331. The molecule has 4 rings (SSSR count). The molecule has 0 radical (unpaired) electrons. The fourth-order valence-corrected chi connectivity index (χ4v) is 4.52. The molecule has 0 saturated carbocycles. The third-order valence-corrected chi connectivity index (χ3v) is 6.32. The molecule has 1 fully saturated rings. The summed E-state index contributed by atoms with van der Waals surface area (Å²) < 4.78 is 11.5. The fraction of sp³-hybridized carbons (Fsp3) is 0.357. The lowest BCUT2D eigenvalue weighted by molar-refractivity contribution is 0.0378. The Hall–Kier alpha value is -3.09. The highest BCUT2D eigenvalue weighted by Gasteiger charge is 2.30. The molecule has 1 aliphatic rings. The maximum atomic E-state index is 12.6. The largest absolute Gasteiger partial charge is 0.459 e. The lowest BCUT2D eigenvalue weighted by Gasteiger charge is -2.28. The molecule has 0 N–H and O–H groups in total. The predicted molar refractivity (Wildman–Crippen MR) is 139 cm³/mol. The minimum Gasteiger partial charge on any atom is -0.459 e. The monoisotopic (exact) mass is 493 g/mol. The van der Waals surface area contributed by atoms with Crippen LogP contribution in [0.1, 0.15) is 43.1 Å². The summed E-state index contributed by atoms with van der Waals surface area (Å²) in [7, 11) is 0. The van der Waals surface area contributed by atoms with E-state index in [1.807, 2.05) is 50.2 Å². The van der Waals surface area contributed by atoms with Crippen LogP contribution in [-0.2, 0) is 11.3 Å². The van der Waals surface area contributed by atoms with Crippen LogP contribution >= 0.6 is 11.6 Å². The number of pyridine rings is 1. The van der Waals surface area contributed by atoms with Gasteiger partial charge < -0.3 is 14.4 Å². The van der Waals surface area contributed by atoms with Crippen molar-refractivity contribution >= 4 is 23.4 Å². The molecule has 35 heavy (non-hydrogen) atoms.